The highest BCUT2D eigenvalue weighted by molar-refractivity contribution is 4.50. The average Bonchev–Trinajstić information content (AvgIpc) is 2.60. The zero-order valence-corrected chi connectivity index (χ0v) is 16.5. The highest BCUT2D eigenvalue weighted by Crippen LogP contribution is 2.14. The topological polar surface area (TPSA) is 62.1 Å². The van der Waals surface area contributed by atoms with Crippen molar-refractivity contribution in [1.82, 2.24) is 16.5 Å². The van der Waals surface area contributed by atoms with Crippen LogP contribution in [-0.2, 0) is 0 Å². The molecule has 0 aliphatic carbocycles. The lowest BCUT2D eigenvalue weighted by Gasteiger charge is -2.05. The van der Waals surface area contributed by atoms with E-state index in [1.807, 2.05) is 0 Å². The van der Waals surface area contributed by atoms with Crippen LogP contribution in [0.15, 0.2) is 0 Å². The number of nitrogens with one attached hydrogen (secondary N) is 3. The van der Waals surface area contributed by atoms with Crippen LogP contribution in [0.1, 0.15) is 122 Å². The lowest BCUT2D eigenvalue weighted by atomic mass is 10.0. The van der Waals surface area contributed by atoms with Crippen LogP contribution in [0.5, 0.6) is 0 Å². The number of nitrogens with two attached hydrogens (primary N) is 1. The first-order valence-corrected chi connectivity index (χ1v) is 10.8. The largest absolute Gasteiger partial charge is 0.257 e. The van der Waals surface area contributed by atoms with Crippen LogP contribution in [0.4, 0.5) is 0 Å². The average molecular weight is 343 g/mol. The third-order valence-corrected chi connectivity index (χ3v) is 4.82. The Labute approximate surface area is 152 Å². The third-order valence-electron chi connectivity index (χ3n) is 4.82. The van der Waals surface area contributed by atoms with Crippen LogP contribution in [0.25, 0.3) is 0 Å². The number of rotatable bonds is 21. The second kappa shape index (κ2) is 22.8. The molecule has 0 aromatic heterocycles. The first kappa shape index (κ1) is 23.8. The summed E-state index contributed by atoms with van der Waals surface area (Å²) in [6.07, 6.45) is 25.6. The molecule has 24 heavy (non-hydrogen) atoms. The summed E-state index contributed by atoms with van der Waals surface area (Å²) < 4.78 is 0. The van der Waals surface area contributed by atoms with E-state index in [0.717, 1.165) is 6.54 Å². The van der Waals surface area contributed by atoms with Crippen molar-refractivity contribution in [1.29, 1.82) is 0 Å². The highest BCUT2D eigenvalue weighted by atomic mass is 15.7. The first-order chi connectivity index (χ1) is 11.9. The van der Waals surface area contributed by atoms with E-state index in [2.05, 4.69) is 23.4 Å². The second-order valence-electron chi connectivity index (χ2n) is 7.21. The van der Waals surface area contributed by atoms with Gasteiger partial charge in [-0.15, -0.1) is 0 Å². The van der Waals surface area contributed by atoms with Gasteiger partial charge in [0.25, 0.3) is 0 Å². The van der Waals surface area contributed by atoms with Gasteiger partial charge in [0.05, 0.1) is 0 Å². The molecule has 0 saturated carbocycles. The molecule has 0 spiro atoms. The number of hydrogen-bond donors (Lipinski definition) is 4. The minimum atomic E-state index is 0.975. The van der Waals surface area contributed by atoms with Crippen molar-refractivity contribution in [2.75, 3.05) is 6.54 Å². The monoisotopic (exact) mass is 342 g/mol. The van der Waals surface area contributed by atoms with Crippen LogP contribution in [-0.4, -0.2) is 6.54 Å². The fourth-order valence-corrected chi connectivity index (χ4v) is 3.23. The predicted octanol–water partition coefficient (Wildman–Crippen LogP) is 5.50. The van der Waals surface area contributed by atoms with Gasteiger partial charge in [0.2, 0.25) is 0 Å². The van der Waals surface area contributed by atoms with Crippen molar-refractivity contribution in [2.24, 2.45) is 5.84 Å². The van der Waals surface area contributed by atoms with Gasteiger partial charge in [0.1, 0.15) is 0 Å². The molecule has 146 valence electrons. The van der Waals surface area contributed by atoms with Gasteiger partial charge in [-0.3, -0.25) is 5.84 Å². The van der Waals surface area contributed by atoms with Crippen LogP contribution >= 0.6 is 0 Å². The Morgan fingerprint density at radius 1 is 0.500 bits per heavy atom. The molecular formula is C20H46N4. The Hall–Kier alpha value is -0.160. The van der Waals surface area contributed by atoms with E-state index in [1.54, 1.807) is 0 Å². The van der Waals surface area contributed by atoms with Crippen molar-refractivity contribution in [2.45, 2.75) is 122 Å². The van der Waals surface area contributed by atoms with Gasteiger partial charge in [0.15, 0.2) is 0 Å². The Balaban J connectivity index is 2.93. The molecule has 0 saturated heterocycles. The second-order valence-corrected chi connectivity index (χ2v) is 7.21. The van der Waals surface area contributed by atoms with Crippen LogP contribution in [0.2, 0.25) is 0 Å². The summed E-state index contributed by atoms with van der Waals surface area (Å²) in [5, 5.41) is 0. The summed E-state index contributed by atoms with van der Waals surface area (Å²) in [4.78, 5) is 0. The molecule has 0 aromatic rings. The van der Waals surface area contributed by atoms with Gasteiger partial charge in [-0.25, -0.2) is 5.43 Å². The SMILES string of the molecule is CCCCCCCCCCCCCCCCCCCCNNNN. The van der Waals surface area contributed by atoms with Gasteiger partial charge in [0, 0.05) is 6.54 Å². The standard InChI is InChI=1S/C20H46N4/c1-2-3-4-5-6-7-8-9-10-11-12-13-14-15-16-17-18-19-20-22-24-23-21/h22-24H,2-21H2,1H3. The Kier molecular flexibility index (Phi) is 22.7. The van der Waals surface area contributed by atoms with E-state index < -0.39 is 0 Å². The minimum absolute atomic E-state index is 0.975. The van der Waals surface area contributed by atoms with Gasteiger partial charge in [-0.2, -0.15) is 11.1 Å². The summed E-state index contributed by atoms with van der Waals surface area (Å²) in [5.74, 6) is 5.09. The Morgan fingerprint density at radius 2 is 0.833 bits per heavy atom. The lowest BCUT2D eigenvalue weighted by molar-refractivity contribution is 0.431. The molecule has 0 atom stereocenters. The molecule has 0 fully saturated rings. The zero-order valence-electron chi connectivity index (χ0n) is 16.5. The van der Waals surface area contributed by atoms with E-state index in [0.29, 0.717) is 0 Å². The fourth-order valence-electron chi connectivity index (χ4n) is 3.23. The molecule has 0 aromatic carbocycles. The number of unbranched alkanes of at least 4 members (excludes halogenated alkanes) is 17. The van der Waals surface area contributed by atoms with Gasteiger partial charge < -0.3 is 0 Å². The van der Waals surface area contributed by atoms with Crippen LogP contribution in [0.3, 0.4) is 0 Å². The third kappa shape index (κ3) is 21.8. The zero-order chi connectivity index (χ0) is 17.6. The molecule has 5 N–H and O–H groups in total. The molecule has 0 amide bonds. The van der Waals surface area contributed by atoms with Crippen molar-refractivity contribution in [3.63, 3.8) is 0 Å². The van der Waals surface area contributed by atoms with Crippen molar-refractivity contribution in [3.05, 3.63) is 0 Å². The summed E-state index contributed by atoms with van der Waals surface area (Å²) in [5.41, 5.74) is 8.05. The van der Waals surface area contributed by atoms with Crippen molar-refractivity contribution >= 4 is 0 Å². The molecule has 0 unspecified atom stereocenters. The van der Waals surface area contributed by atoms with E-state index in [9.17, 15) is 0 Å². The summed E-state index contributed by atoms with van der Waals surface area (Å²) in [7, 11) is 0. The van der Waals surface area contributed by atoms with E-state index in [-0.39, 0.29) is 0 Å². The summed E-state index contributed by atoms with van der Waals surface area (Å²) >= 11 is 0. The van der Waals surface area contributed by atoms with Gasteiger partial charge in [-0.05, 0) is 6.42 Å². The van der Waals surface area contributed by atoms with Crippen LogP contribution < -0.4 is 22.3 Å². The molecule has 0 aliphatic heterocycles. The molecule has 0 heterocycles. The van der Waals surface area contributed by atoms with E-state index in [1.165, 1.54) is 116 Å². The minimum Gasteiger partial charge on any atom is -0.257 e. The first-order valence-electron chi connectivity index (χ1n) is 10.8. The fraction of sp³-hybridized carbons (Fsp3) is 1.00. The number of hydrogen-bond acceptors (Lipinski definition) is 4. The molecular weight excluding hydrogens is 296 g/mol. The van der Waals surface area contributed by atoms with Gasteiger partial charge in [-0.1, -0.05) is 116 Å². The van der Waals surface area contributed by atoms with E-state index >= 15 is 0 Å². The Morgan fingerprint density at radius 3 is 1.17 bits per heavy atom. The maximum absolute atomic E-state index is 5.09. The van der Waals surface area contributed by atoms with Crippen LogP contribution in [0, 0.1) is 0 Å². The Bertz CT molecular complexity index is 190. The summed E-state index contributed by atoms with van der Waals surface area (Å²) in [6.45, 7) is 3.27. The summed E-state index contributed by atoms with van der Waals surface area (Å²) in [6, 6.07) is 0. The predicted molar refractivity (Wildman–Crippen MR) is 107 cm³/mol. The normalized spacial score (nSPS) is 11.2. The quantitative estimate of drug-likeness (QED) is 0.126. The van der Waals surface area contributed by atoms with E-state index in [4.69, 9.17) is 5.84 Å². The van der Waals surface area contributed by atoms with Crippen molar-refractivity contribution in [3.8, 4) is 0 Å². The molecule has 4 nitrogen and oxygen atoms in total. The molecule has 4 heteroatoms. The van der Waals surface area contributed by atoms with Crippen molar-refractivity contribution < 1.29 is 0 Å². The maximum atomic E-state index is 5.09. The molecule has 0 aliphatic rings. The molecule has 0 radical (unpaired) electrons. The molecule has 0 bridgehead atoms. The smallest absolute Gasteiger partial charge is 0.0113 e. The number of hydrazine groups is 3. The highest BCUT2D eigenvalue weighted by Gasteiger charge is 1.95. The maximum Gasteiger partial charge on any atom is 0.0113 e. The lowest BCUT2D eigenvalue weighted by Crippen LogP contribution is -2.47. The van der Waals surface area contributed by atoms with Gasteiger partial charge >= 0.3 is 0 Å². The molecule has 0 rings (SSSR count).